The molecule has 0 aliphatic carbocycles. The van der Waals surface area contributed by atoms with Gasteiger partial charge >= 0.3 is 0 Å². The van der Waals surface area contributed by atoms with E-state index in [0.29, 0.717) is 0 Å². The largest absolute Gasteiger partial charge is 0.407 e. The molecule has 2 aromatic carbocycles. The molecule has 3 rings (SSSR count). The number of benzene rings is 2. The van der Waals surface area contributed by atoms with E-state index in [9.17, 15) is 0 Å². The zero-order valence-corrected chi connectivity index (χ0v) is 21.4. The quantitative estimate of drug-likeness (QED) is 0.264. The van der Waals surface area contributed by atoms with Gasteiger partial charge in [0, 0.05) is 6.61 Å². The molecule has 1 aliphatic heterocycles. The third-order valence-electron chi connectivity index (χ3n) is 5.54. The topological polar surface area (TPSA) is 21.8 Å². The smallest absolute Gasteiger partial charge is 0.261 e. The van der Waals surface area contributed by atoms with E-state index in [2.05, 4.69) is 113 Å². The first-order chi connectivity index (χ1) is 14.1. The zero-order valence-electron chi connectivity index (χ0n) is 19.4. The molecule has 0 aromatic heterocycles. The van der Waals surface area contributed by atoms with Crippen LogP contribution in [0.1, 0.15) is 33.6 Å². The van der Waals surface area contributed by atoms with Crippen molar-refractivity contribution in [1.82, 2.24) is 0 Å². The first-order valence-electron chi connectivity index (χ1n) is 11.1. The third kappa shape index (κ3) is 5.53. The van der Waals surface area contributed by atoms with Crippen molar-refractivity contribution in [2.24, 2.45) is 0 Å². The van der Waals surface area contributed by atoms with Gasteiger partial charge in [-0.2, -0.15) is 0 Å². The van der Waals surface area contributed by atoms with E-state index in [1.54, 1.807) is 0 Å². The Bertz CT molecular complexity index is 831. The van der Waals surface area contributed by atoms with Crippen molar-refractivity contribution in [1.29, 1.82) is 0 Å². The standard InChI is InChI=1S/C26H36O2Si2/c1-26(2,3)30(22-14-9-7-10-15-22,23-16-11-8-12-17-23)27-20-13-18-24-25(28-24)19-21-29(4,5)6/h7-12,14-17,24-25H,13,18,20H2,1-6H3/t24-,25+/m1/s1. The van der Waals surface area contributed by atoms with Crippen molar-refractivity contribution < 1.29 is 9.16 Å². The van der Waals surface area contributed by atoms with Crippen LogP contribution in [0.2, 0.25) is 24.7 Å². The summed E-state index contributed by atoms with van der Waals surface area (Å²) in [5, 5.41) is 2.70. The van der Waals surface area contributed by atoms with E-state index >= 15 is 0 Å². The van der Waals surface area contributed by atoms with E-state index in [4.69, 9.17) is 9.16 Å². The molecule has 0 spiro atoms. The van der Waals surface area contributed by atoms with Gasteiger partial charge in [-0.25, -0.2) is 0 Å². The van der Waals surface area contributed by atoms with Gasteiger partial charge < -0.3 is 9.16 Å². The SMILES string of the molecule is CC(C)(C)[Si](OCCC[C@H]1O[C@H]1C#C[Si](C)(C)C)(c1ccccc1)c1ccccc1. The summed E-state index contributed by atoms with van der Waals surface area (Å²) in [4.78, 5) is 0. The number of hydrogen-bond donors (Lipinski definition) is 0. The number of ether oxygens (including phenoxy) is 1. The lowest BCUT2D eigenvalue weighted by Gasteiger charge is -2.43. The van der Waals surface area contributed by atoms with Crippen LogP contribution >= 0.6 is 0 Å². The van der Waals surface area contributed by atoms with Crippen molar-refractivity contribution >= 4 is 26.8 Å². The van der Waals surface area contributed by atoms with Crippen LogP contribution in [-0.4, -0.2) is 35.2 Å². The Morgan fingerprint density at radius 3 is 1.90 bits per heavy atom. The molecule has 30 heavy (non-hydrogen) atoms. The van der Waals surface area contributed by atoms with Gasteiger partial charge in [0.1, 0.15) is 14.2 Å². The molecule has 2 atom stereocenters. The number of rotatable bonds is 7. The van der Waals surface area contributed by atoms with Gasteiger partial charge in [0.05, 0.1) is 6.10 Å². The normalized spacial score (nSPS) is 19.1. The predicted molar refractivity (Wildman–Crippen MR) is 133 cm³/mol. The predicted octanol–water partition coefficient (Wildman–Crippen LogP) is 4.99. The average Bonchev–Trinajstić information content (AvgIpc) is 3.45. The van der Waals surface area contributed by atoms with E-state index < -0.39 is 16.4 Å². The lowest BCUT2D eigenvalue weighted by Crippen LogP contribution is -2.66. The van der Waals surface area contributed by atoms with Crippen LogP contribution in [0, 0.1) is 11.5 Å². The summed E-state index contributed by atoms with van der Waals surface area (Å²) in [6.07, 6.45) is 2.45. The maximum atomic E-state index is 6.95. The molecule has 0 N–H and O–H groups in total. The highest BCUT2D eigenvalue weighted by atomic mass is 28.4. The number of epoxide rings is 1. The molecular weight excluding hydrogens is 400 g/mol. The lowest BCUT2D eigenvalue weighted by atomic mass is 10.2. The van der Waals surface area contributed by atoms with Crippen LogP contribution in [0.15, 0.2) is 60.7 Å². The fourth-order valence-electron chi connectivity index (χ4n) is 4.05. The van der Waals surface area contributed by atoms with Gasteiger partial charge in [0.25, 0.3) is 8.32 Å². The highest BCUT2D eigenvalue weighted by molar-refractivity contribution is 6.99. The minimum absolute atomic E-state index is 0.0249. The molecule has 2 aromatic rings. The van der Waals surface area contributed by atoms with E-state index in [1.165, 1.54) is 10.4 Å². The van der Waals surface area contributed by atoms with Crippen molar-refractivity contribution in [3.05, 3.63) is 60.7 Å². The van der Waals surface area contributed by atoms with Crippen LogP contribution in [0.5, 0.6) is 0 Å². The summed E-state index contributed by atoms with van der Waals surface area (Å²) in [6.45, 7) is 14.5. The van der Waals surface area contributed by atoms with Crippen LogP contribution in [0.3, 0.4) is 0 Å². The molecule has 4 heteroatoms. The fourth-order valence-corrected chi connectivity index (χ4v) is 9.23. The Morgan fingerprint density at radius 2 is 1.43 bits per heavy atom. The molecule has 0 saturated carbocycles. The summed E-state index contributed by atoms with van der Waals surface area (Å²) in [7, 11) is -3.75. The molecule has 0 unspecified atom stereocenters. The second-order valence-corrected chi connectivity index (χ2v) is 19.3. The van der Waals surface area contributed by atoms with Gasteiger partial charge in [-0.05, 0) is 28.3 Å². The molecular formula is C26H36O2Si2. The monoisotopic (exact) mass is 436 g/mol. The van der Waals surface area contributed by atoms with Gasteiger partial charge in [-0.3, -0.25) is 0 Å². The minimum atomic E-state index is -2.42. The summed E-state index contributed by atoms with van der Waals surface area (Å²) < 4.78 is 12.7. The van der Waals surface area contributed by atoms with Gasteiger partial charge in [0.15, 0.2) is 0 Å². The highest BCUT2D eigenvalue weighted by Gasteiger charge is 2.50. The van der Waals surface area contributed by atoms with Gasteiger partial charge in [-0.1, -0.05) is 107 Å². The summed E-state index contributed by atoms with van der Waals surface area (Å²) in [6, 6.07) is 21.7. The van der Waals surface area contributed by atoms with Gasteiger partial charge in [-0.15, -0.1) is 5.54 Å². The van der Waals surface area contributed by atoms with E-state index in [1.807, 2.05) is 0 Å². The van der Waals surface area contributed by atoms with E-state index in [0.717, 1.165) is 19.4 Å². The maximum Gasteiger partial charge on any atom is 0.261 e. The molecule has 160 valence electrons. The molecule has 1 fully saturated rings. The molecule has 0 bridgehead atoms. The molecule has 1 heterocycles. The Kier molecular flexibility index (Phi) is 7.09. The van der Waals surface area contributed by atoms with Crippen LogP contribution < -0.4 is 10.4 Å². The van der Waals surface area contributed by atoms with Crippen LogP contribution in [0.4, 0.5) is 0 Å². The Morgan fingerprint density at radius 1 is 0.900 bits per heavy atom. The fraction of sp³-hybridized carbons (Fsp3) is 0.462. The van der Waals surface area contributed by atoms with Crippen molar-refractivity contribution in [2.75, 3.05) is 6.61 Å². The minimum Gasteiger partial charge on any atom is -0.407 e. The maximum absolute atomic E-state index is 6.95. The van der Waals surface area contributed by atoms with Crippen LogP contribution in [-0.2, 0) is 9.16 Å². The van der Waals surface area contributed by atoms with Crippen molar-refractivity contribution in [3.63, 3.8) is 0 Å². The first kappa shape index (κ1) is 23.0. The zero-order chi connectivity index (χ0) is 21.8. The second-order valence-electron chi connectivity index (χ2n) is 10.3. The average molecular weight is 437 g/mol. The number of hydrogen-bond acceptors (Lipinski definition) is 2. The molecule has 1 aliphatic rings. The Labute approximate surface area is 185 Å². The summed E-state index contributed by atoms with van der Waals surface area (Å²) in [5.74, 6) is 3.34. The van der Waals surface area contributed by atoms with E-state index in [-0.39, 0.29) is 17.2 Å². The lowest BCUT2D eigenvalue weighted by molar-refractivity contribution is 0.277. The van der Waals surface area contributed by atoms with Crippen LogP contribution in [0.25, 0.3) is 0 Å². The van der Waals surface area contributed by atoms with Crippen molar-refractivity contribution in [3.8, 4) is 11.5 Å². The molecule has 0 amide bonds. The third-order valence-corrected chi connectivity index (χ3v) is 11.5. The second kappa shape index (κ2) is 9.24. The highest BCUT2D eigenvalue weighted by Crippen LogP contribution is 2.37. The summed E-state index contributed by atoms with van der Waals surface area (Å²) >= 11 is 0. The molecule has 2 nitrogen and oxygen atoms in total. The Hall–Kier alpha value is -1.65. The molecule has 0 radical (unpaired) electrons. The Balaban J connectivity index is 1.72. The first-order valence-corrected chi connectivity index (χ1v) is 16.5. The summed E-state index contributed by atoms with van der Waals surface area (Å²) in [5.41, 5.74) is 3.43. The van der Waals surface area contributed by atoms with Crippen molar-refractivity contribution in [2.45, 2.75) is 70.5 Å². The van der Waals surface area contributed by atoms with Gasteiger partial charge in [0.2, 0.25) is 0 Å². The molecule has 1 saturated heterocycles.